The Morgan fingerprint density at radius 3 is 2.95 bits per heavy atom. The van der Waals surface area contributed by atoms with E-state index in [-0.39, 0.29) is 17.7 Å². The number of hydrogen-bond donors (Lipinski definition) is 3. The molecule has 1 heterocycles. The number of carbonyl (C=O) groups is 2. The van der Waals surface area contributed by atoms with E-state index in [9.17, 15) is 9.59 Å². The molecule has 0 fully saturated rings. The molecule has 0 radical (unpaired) electrons. The highest BCUT2D eigenvalue weighted by Gasteiger charge is 2.23. The highest BCUT2D eigenvalue weighted by Crippen LogP contribution is 2.24. The molecule has 102 valence electrons. The fourth-order valence-corrected chi connectivity index (χ4v) is 2.20. The lowest BCUT2D eigenvalue weighted by Gasteiger charge is -2.25. The van der Waals surface area contributed by atoms with Crippen molar-refractivity contribution >= 4 is 17.5 Å². The molecule has 0 aliphatic carbocycles. The second-order valence-corrected chi connectivity index (χ2v) is 4.65. The Hall–Kier alpha value is -2.04. The van der Waals surface area contributed by atoms with E-state index in [1.807, 2.05) is 24.3 Å². The third kappa shape index (κ3) is 3.47. The van der Waals surface area contributed by atoms with Crippen LogP contribution in [0, 0.1) is 5.92 Å². The molecule has 1 aliphatic rings. The van der Waals surface area contributed by atoms with Crippen LogP contribution in [0.15, 0.2) is 24.3 Å². The zero-order chi connectivity index (χ0) is 13.7. The topological polar surface area (TPSA) is 70.2 Å². The van der Waals surface area contributed by atoms with Gasteiger partial charge in [-0.25, -0.2) is 0 Å². The fourth-order valence-electron chi connectivity index (χ4n) is 2.20. The maximum atomic E-state index is 12.0. The minimum absolute atomic E-state index is 0.00547. The summed E-state index contributed by atoms with van der Waals surface area (Å²) in [7, 11) is 1.59. The van der Waals surface area contributed by atoms with Gasteiger partial charge in [-0.1, -0.05) is 18.2 Å². The Bertz CT molecular complexity index is 474. The van der Waals surface area contributed by atoms with Crippen molar-refractivity contribution in [3.63, 3.8) is 0 Å². The Morgan fingerprint density at radius 1 is 1.37 bits per heavy atom. The predicted molar refractivity (Wildman–Crippen MR) is 73.8 cm³/mol. The summed E-state index contributed by atoms with van der Waals surface area (Å²) in [5.74, 6) is -0.127. The van der Waals surface area contributed by atoms with Gasteiger partial charge in [0.05, 0.1) is 5.92 Å². The van der Waals surface area contributed by atoms with E-state index in [4.69, 9.17) is 0 Å². The quantitative estimate of drug-likeness (QED) is 0.740. The summed E-state index contributed by atoms with van der Waals surface area (Å²) in [6.07, 6.45) is 1.06. The standard InChI is InChI=1S/C14H19N3O2/c1-15-13(18)6-7-16-14(19)11-8-10-4-2-3-5-12(10)17-9-11/h2-5,11,17H,6-9H2,1H3,(H,15,18)(H,16,19). The van der Waals surface area contributed by atoms with E-state index < -0.39 is 0 Å². The van der Waals surface area contributed by atoms with Gasteiger partial charge in [0, 0.05) is 32.2 Å². The number of anilines is 1. The van der Waals surface area contributed by atoms with Crippen LogP contribution in [-0.2, 0) is 16.0 Å². The van der Waals surface area contributed by atoms with Crippen LogP contribution in [0.4, 0.5) is 5.69 Å². The van der Waals surface area contributed by atoms with Crippen LogP contribution in [0.1, 0.15) is 12.0 Å². The number of para-hydroxylation sites is 1. The smallest absolute Gasteiger partial charge is 0.225 e. The third-order valence-corrected chi connectivity index (χ3v) is 3.32. The largest absolute Gasteiger partial charge is 0.384 e. The molecule has 1 aromatic rings. The molecule has 2 rings (SSSR count). The van der Waals surface area contributed by atoms with Crippen LogP contribution >= 0.6 is 0 Å². The van der Waals surface area contributed by atoms with Gasteiger partial charge in [-0.05, 0) is 18.1 Å². The van der Waals surface area contributed by atoms with Gasteiger partial charge in [0.25, 0.3) is 0 Å². The molecule has 1 aliphatic heterocycles. The molecule has 2 amide bonds. The number of fused-ring (bicyclic) bond motifs is 1. The molecule has 3 N–H and O–H groups in total. The van der Waals surface area contributed by atoms with Gasteiger partial charge in [0.1, 0.15) is 0 Å². The van der Waals surface area contributed by atoms with Gasteiger partial charge < -0.3 is 16.0 Å². The summed E-state index contributed by atoms with van der Waals surface area (Å²) >= 11 is 0. The highest BCUT2D eigenvalue weighted by atomic mass is 16.2. The number of hydrogen-bond acceptors (Lipinski definition) is 3. The van der Waals surface area contributed by atoms with E-state index in [1.54, 1.807) is 7.05 Å². The SMILES string of the molecule is CNC(=O)CCNC(=O)C1CNc2ccccc2C1. The molecule has 0 saturated heterocycles. The second kappa shape index (κ2) is 6.22. The molecule has 1 atom stereocenters. The molecule has 0 spiro atoms. The third-order valence-electron chi connectivity index (χ3n) is 3.32. The zero-order valence-electron chi connectivity index (χ0n) is 11.0. The van der Waals surface area contributed by atoms with Crippen LogP contribution in [-0.4, -0.2) is 32.0 Å². The van der Waals surface area contributed by atoms with Crippen molar-refractivity contribution in [1.82, 2.24) is 10.6 Å². The van der Waals surface area contributed by atoms with Gasteiger partial charge >= 0.3 is 0 Å². The van der Waals surface area contributed by atoms with Crippen LogP contribution in [0.3, 0.4) is 0 Å². The van der Waals surface area contributed by atoms with Crippen molar-refractivity contribution in [2.24, 2.45) is 5.92 Å². The van der Waals surface area contributed by atoms with E-state index in [2.05, 4.69) is 16.0 Å². The first kappa shape index (κ1) is 13.4. The van der Waals surface area contributed by atoms with Crippen molar-refractivity contribution in [2.75, 3.05) is 25.5 Å². The lowest BCUT2D eigenvalue weighted by Crippen LogP contribution is -2.39. The maximum absolute atomic E-state index is 12.0. The van der Waals surface area contributed by atoms with Crippen molar-refractivity contribution in [3.8, 4) is 0 Å². The lowest BCUT2D eigenvalue weighted by molar-refractivity contribution is -0.125. The zero-order valence-corrected chi connectivity index (χ0v) is 11.0. The summed E-state index contributed by atoms with van der Waals surface area (Å²) < 4.78 is 0. The molecule has 5 heteroatoms. The fraction of sp³-hybridized carbons (Fsp3) is 0.429. The molecule has 19 heavy (non-hydrogen) atoms. The van der Waals surface area contributed by atoms with Crippen LogP contribution in [0.2, 0.25) is 0 Å². The number of carbonyl (C=O) groups excluding carboxylic acids is 2. The molecule has 0 aromatic heterocycles. The van der Waals surface area contributed by atoms with Crippen LogP contribution in [0.25, 0.3) is 0 Å². The number of benzene rings is 1. The van der Waals surface area contributed by atoms with Crippen molar-refractivity contribution in [2.45, 2.75) is 12.8 Å². The molecule has 5 nitrogen and oxygen atoms in total. The van der Waals surface area contributed by atoms with Crippen molar-refractivity contribution in [3.05, 3.63) is 29.8 Å². The van der Waals surface area contributed by atoms with Gasteiger partial charge in [-0.3, -0.25) is 9.59 Å². The maximum Gasteiger partial charge on any atom is 0.225 e. The van der Waals surface area contributed by atoms with Gasteiger partial charge in [0.15, 0.2) is 0 Å². The molecule has 0 bridgehead atoms. The summed E-state index contributed by atoms with van der Waals surface area (Å²) in [4.78, 5) is 23.1. The van der Waals surface area contributed by atoms with Crippen molar-refractivity contribution in [1.29, 1.82) is 0 Å². The molecular weight excluding hydrogens is 242 g/mol. The van der Waals surface area contributed by atoms with Crippen LogP contribution in [0.5, 0.6) is 0 Å². The monoisotopic (exact) mass is 261 g/mol. The van der Waals surface area contributed by atoms with E-state index in [0.29, 0.717) is 19.5 Å². The first-order chi connectivity index (χ1) is 9.20. The number of amides is 2. The van der Waals surface area contributed by atoms with Gasteiger partial charge in [-0.2, -0.15) is 0 Å². The van der Waals surface area contributed by atoms with Crippen LogP contribution < -0.4 is 16.0 Å². The highest BCUT2D eigenvalue weighted by molar-refractivity contribution is 5.82. The average Bonchev–Trinajstić information content (AvgIpc) is 2.46. The first-order valence-electron chi connectivity index (χ1n) is 6.50. The Morgan fingerprint density at radius 2 is 2.16 bits per heavy atom. The Kier molecular flexibility index (Phi) is 4.39. The molecule has 1 aromatic carbocycles. The van der Waals surface area contributed by atoms with Gasteiger partial charge in [-0.15, -0.1) is 0 Å². The first-order valence-corrected chi connectivity index (χ1v) is 6.50. The lowest BCUT2D eigenvalue weighted by atomic mass is 9.93. The normalized spacial score (nSPS) is 17.0. The summed E-state index contributed by atoms with van der Waals surface area (Å²) in [6, 6.07) is 8.02. The summed E-state index contributed by atoms with van der Waals surface area (Å²) in [6.45, 7) is 1.03. The Labute approximate surface area is 112 Å². The van der Waals surface area contributed by atoms with E-state index in [1.165, 1.54) is 5.56 Å². The molecular formula is C14H19N3O2. The molecule has 0 saturated carbocycles. The van der Waals surface area contributed by atoms with Gasteiger partial charge in [0.2, 0.25) is 11.8 Å². The second-order valence-electron chi connectivity index (χ2n) is 4.65. The number of nitrogens with one attached hydrogen (secondary N) is 3. The van der Waals surface area contributed by atoms with E-state index in [0.717, 1.165) is 12.1 Å². The average molecular weight is 261 g/mol. The summed E-state index contributed by atoms with van der Waals surface area (Å²) in [5, 5.41) is 8.60. The van der Waals surface area contributed by atoms with Crippen molar-refractivity contribution < 1.29 is 9.59 Å². The summed E-state index contributed by atoms with van der Waals surface area (Å²) in [5.41, 5.74) is 2.28. The minimum Gasteiger partial charge on any atom is -0.384 e. The minimum atomic E-state index is -0.0698. The van der Waals surface area contributed by atoms with E-state index >= 15 is 0 Å². The predicted octanol–water partition coefficient (Wildman–Crippen LogP) is 0.523. The Balaban J connectivity index is 1.83. The number of rotatable bonds is 4. The molecule has 1 unspecified atom stereocenters.